The minimum Gasteiger partial charge on any atom is -0.379 e. The average molecular weight is 406 g/mol. The first-order chi connectivity index (χ1) is 13.7. The van der Waals surface area contributed by atoms with Crippen molar-refractivity contribution < 1.29 is 9.13 Å². The van der Waals surface area contributed by atoms with Crippen molar-refractivity contribution in [1.82, 2.24) is 20.5 Å². The third kappa shape index (κ3) is 5.98. The molecule has 0 radical (unpaired) electrons. The van der Waals surface area contributed by atoms with Crippen LogP contribution in [0.1, 0.15) is 21.5 Å². The molecule has 152 valence electrons. The highest BCUT2D eigenvalue weighted by atomic mass is 32.1. The number of halogens is 1. The molecule has 0 saturated carbocycles. The molecular formula is C20H28FN5OS. The van der Waals surface area contributed by atoms with Crippen LogP contribution in [0.2, 0.25) is 0 Å². The van der Waals surface area contributed by atoms with Gasteiger partial charge in [-0.1, -0.05) is 12.1 Å². The molecule has 2 N–H and O–H groups in total. The zero-order chi connectivity index (χ0) is 19.8. The molecule has 2 heterocycles. The quantitative estimate of drug-likeness (QED) is 0.547. The Morgan fingerprint density at radius 2 is 2.04 bits per heavy atom. The second-order valence-electron chi connectivity index (χ2n) is 6.71. The first-order valence-corrected chi connectivity index (χ1v) is 10.4. The molecule has 8 heteroatoms. The Kier molecular flexibility index (Phi) is 7.76. The number of nitrogens with one attached hydrogen (secondary N) is 2. The molecule has 1 unspecified atom stereocenters. The van der Waals surface area contributed by atoms with Crippen molar-refractivity contribution >= 4 is 17.3 Å². The summed E-state index contributed by atoms with van der Waals surface area (Å²) in [7, 11) is 1.77. The number of hydrogen-bond acceptors (Lipinski definition) is 5. The monoisotopic (exact) mass is 405 g/mol. The SMILES string of the molecule is CN=C(NCCc1ncc(C)s1)NCC(c1ccc(F)cc1)N1CCOCC1. The van der Waals surface area contributed by atoms with Crippen molar-refractivity contribution in [2.75, 3.05) is 46.4 Å². The molecular weight excluding hydrogens is 377 g/mol. The predicted molar refractivity (Wildman–Crippen MR) is 111 cm³/mol. The summed E-state index contributed by atoms with van der Waals surface area (Å²) in [6.07, 6.45) is 2.77. The highest BCUT2D eigenvalue weighted by Gasteiger charge is 2.23. The number of aliphatic imine (C=N–C) groups is 1. The maximum Gasteiger partial charge on any atom is 0.191 e. The van der Waals surface area contributed by atoms with Crippen LogP contribution in [0.3, 0.4) is 0 Å². The molecule has 3 rings (SSSR count). The molecule has 0 amide bonds. The van der Waals surface area contributed by atoms with Gasteiger partial charge in [0.15, 0.2) is 5.96 Å². The number of hydrogen-bond donors (Lipinski definition) is 2. The van der Waals surface area contributed by atoms with Crippen molar-refractivity contribution in [1.29, 1.82) is 0 Å². The largest absolute Gasteiger partial charge is 0.379 e. The number of ether oxygens (including phenoxy) is 1. The molecule has 1 aromatic carbocycles. The molecule has 1 aromatic heterocycles. The minimum atomic E-state index is -0.215. The Bertz CT molecular complexity index is 758. The topological polar surface area (TPSA) is 61.8 Å². The van der Waals surface area contributed by atoms with Crippen molar-refractivity contribution in [2.45, 2.75) is 19.4 Å². The molecule has 28 heavy (non-hydrogen) atoms. The van der Waals surface area contributed by atoms with Gasteiger partial charge >= 0.3 is 0 Å². The van der Waals surface area contributed by atoms with Crippen LogP contribution in [0.15, 0.2) is 35.5 Å². The standard InChI is InChI=1S/C20H28FN5OS/c1-15-13-24-19(28-15)7-8-23-20(22-2)25-14-18(26-9-11-27-12-10-26)16-3-5-17(21)6-4-16/h3-6,13,18H,7-12,14H2,1-2H3,(H2,22,23,25). The van der Waals surface area contributed by atoms with E-state index in [1.165, 1.54) is 17.0 Å². The van der Waals surface area contributed by atoms with Gasteiger partial charge in [0.25, 0.3) is 0 Å². The van der Waals surface area contributed by atoms with Crippen LogP contribution in [0.4, 0.5) is 4.39 Å². The Morgan fingerprint density at radius 3 is 2.68 bits per heavy atom. The molecule has 6 nitrogen and oxygen atoms in total. The number of benzene rings is 1. The number of guanidine groups is 1. The van der Waals surface area contributed by atoms with Crippen LogP contribution in [0.25, 0.3) is 0 Å². The lowest BCUT2D eigenvalue weighted by molar-refractivity contribution is 0.0170. The Hall–Kier alpha value is -2.03. The van der Waals surface area contributed by atoms with Gasteiger partial charge in [-0.3, -0.25) is 9.89 Å². The van der Waals surface area contributed by atoms with Crippen LogP contribution >= 0.6 is 11.3 Å². The Labute approximate surface area is 169 Å². The first kappa shape index (κ1) is 20.7. The van der Waals surface area contributed by atoms with Gasteiger partial charge in [-0.2, -0.15) is 0 Å². The van der Waals surface area contributed by atoms with Gasteiger partial charge in [-0.25, -0.2) is 9.37 Å². The van der Waals surface area contributed by atoms with Gasteiger partial charge in [-0.15, -0.1) is 11.3 Å². The zero-order valence-corrected chi connectivity index (χ0v) is 17.3. The maximum atomic E-state index is 13.4. The van der Waals surface area contributed by atoms with Gasteiger partial charge in [-0.05, 0) is 24.6 Å². The van der Waals surface area contributed by atoms with E-state index in [0.29, 0.717) is 6.54 Å². The lowest BCUT2D eigenvalue weighted by atomic mass is 10.0. The molecule has 1 atom stereocenters. The summed E-state index contributed by atoms with van der Waals surface area (Å²) in [4.78, 5) is 12.3. The third-order valence-electron chi connectivity index (χ3n) is 4.73. The summed E-state index contributed by atoms with van der Waals surface area (Å²) < 4.78 is 18.8. The Balaban J connectivity index is 1.56. The van der Waals surface area contributed by atoms with Crippen LogP contribution in [-0.2, 0) is 11.2 Å². The van der Waals surface area contributed by atoms with Crippen molar-refractivity contribution in [3.8, 4) is 0 Å². The molecule has 0 aliphatic carbocycles. The summed E-state index contributed by atoms with van der Waals surface area (Å²) >= 11 is 1.72. The number of rotatable bonds is 7. The van der Waals surface area contributed by atoms with E-state index < -0.39 is 0 Å². The minimum absolute atomic E-state index is 0.129. The molecule has 2 aromatic rings. The van der Waals surface area contributed by atoms with E-state index in [4.69, 9.17) is 4.74 Å². The fraction of sp³-hybridized carbons (Fsp3) is 0.500. The smallest absolute Gasteiger partial charge is 0.191 e. The van der Waals surface area contributed by atoms with E-state index in [9.17, 15) is 4.39 Å². The van der Waals surface area contributed by atoms with Crippen LogP contribution in [0, 0.1) is 12.7 Å². The molecule has 1 fully saturated rings. The van der Waals surface area contributed by atoms with E-state index in [1.807, 2.05) is 18.3 Å². The summed E-state index contributed by atoms with van der Waals surface area (Å²) in [6.45, 7) is 6.68. The van der Waals surface area contributed by atoms with E-state index in [-0.39, 0.29) is 11.9 Å². The van der Waals surface area contributed by atoms with Gasteiger partial charge in [0.05, 0.1) is 24.3 Å². The van der Waals surface area contributed by atoms with Gasteiger partial charge in [0.1, 0.15) is 5.82 Å². The van der Waals surface area contributed by atoms with Gasteiger partial charge in [0, 0.05) is 50.7 Å². The summed E-state index contributed by atoms with van der Waals surface area (Å²) in [5, 5.41) is 7.89. The number of aryl methyl sites for hydroxylation is 1. The summed E-state index contributed by atoms with van der Waals surface area (Å²) in [5.41, 5.74) is 1.09. The second kappa shape index (κ2) is 10.5. The maximum absolute atomic E-state index is 13.4. The number of aromatic nitrogens is 1. The summed E-state index contributed by atoms with van der Waals surface area (Å²) in [5.74, 6) is 0.543. The number of nitrogens with zero attached hydrogens (tertiary/aromatic N) is 3. The van der Waals surface area contributed by atoms with Crippen molar-refractivity contribution in [2.24, 2.45) is 4.99 Å². The third-order valence-corrected chi connectivity index (χ3v) is 5.70. The van der Waals surface area contributed by atoms with Crippen LogP contribution in [-0.4, -0.2) is 62.3 Å². The fourth-order valence-corrected chi connectivity index (χ4v) is 4.04. The molecule has 1 aliphatic rings. The lowest BCUT2D eigenvalue weighted by Crippen LogP contribution is -2.46. The first-order valence-electron chi connectivity index (χ1n) is 9.59. The molecule has 1 aliphatic heterocycles. The van der Waals surface area contributed by atoms with E-state index in [2.05, 4.69) is 32.4 Å². The highest BCUT2D eigenvalue weighted by Crippen LogP contribution is 2.21. The fourth-order valence-electron chi connectivity index (χ4n) is 3.25. The number of thiazole rings is 1. The highest BCUT2D eigenvalue weighted by molar-refractivity contribution is 7.11. The second-order valence-corrected chi connectivity index (χ2v) is 8.03. The average Bonchev–Trinajstić information content (AvgIpc) is 3.14. The van der Waals surface area contributed by atoms with E-state index in [0.717, 1.165) is 55.8 Å². The lowest BCUT2D eigenvalue weighted by Gasteiger charge is -2.35. The zero-order valence-electron chi connectivity index (χ0n) is 16.4. The number of morpholine rings is 1. The molecule has 1 saturated heterocycles. The predicted octanol–water partition coefficient (Wildman–Crippen LogP) is 2.37. The van der Waals surface area contributed by atoms with Crippen LogP contribution < -0.4 is 10.6 Å². The van der Waals surface area contributed by atoms with E-state index in [1.54, 1.807) is 18.4 Å². The Morgan fingerprint density at radius 1 is 1.29 bits per heavy atom. The van der Waals surface area contributed by atoms with Gasteiger partial charge < -0.3 is 15.4 Å². The van der Waals surface area contributed by atoms with Crippen LogP contribution in [0.5, 0.6) is 0 Å². The summed E-state index contributed by atoms with van der Waals surface area (Å²) in [6, 6.07) is 6.89. The molecule has 0 bridgehead atoms. The normalized spacial score (nSPS) is 16.8. The van der Waals surface area contributed by atoms with Crippen molar-refractivity contribution in [3.05, 3.63) is 51.7 Å². The van der Waals surface area contributed by atoms with Gasteiger partial charge in [0.2, 0.25) is 0 Å². The van der Waals surface area contributed by atoms with Crippen molar-refractivity contribution in [3.63, 3.8) is 0 Å². The molecule has 0 spiro atoms. The van der Waals surface area contributed by atoms with E-state index >= 15 is 0 Å².